The van der Waals surface area contributed by atoms with E-state index in [4.69, 9.17) is 16.3 Å². The molecule has 25 heavy (non-hydrogen) atoms. The second kappa shape index (κ2) is 6.56. The molecule has 2 aliphatic heterocycles. The molecule has 0 saturated heterocycles. The summed E-state index contributed by atoms with van der Waals surface area (Å²) in [6.07, 6.45) is 1.06. The van der Waals surface area contributed by atoms with Crippen LogP contribution in [-0.2, 0) is 5.72 Å². The molecule has 2 aliphatic rings. The standard InChI is InChI=1S/C19H20ClN2O2S/c1-24-17-9-3-14(4-10-17)19(23)13-21(16-7-5-15(20)6-8-16)18-22(19)11-2-12-25-18/h3-10,23H,2,11-13H2,1H3/q+1/t19-/m1/s1. The molecule has 0 fully saturated rings. The number of β-amino-alcohol motifs (C(OH)–C–C–N with tert-alkyl or cyclic N) is 1. The number of hydrogen-bond donors (Lipinski definition) is 1. The van der Waals surface area contributed by atoms with E-state index in [1.54, 1.807) is 18.9 Å². The first-order valence-corrected chi connectivity index (χ1v) is 9.65. The van der Waals surface area contributed by atoms with E-state index in [0.29, 0.717) is 11.6 Å². The number of halogens is 1. The van der Waals surface area contributed by atoms with Crippen molar-refractivity contribution in [3.8, 4) is 5.75 Å². The van der Waals surface area contributed by atoms with Crippen LogP contribution in [0.1, 0.15) is 12.0 Å². The van der Waals surface area contributed by atoms with Crippen molar-refractivity contribution in [3.05, 3.63) is 59.1 Å². The molecule has 1 N–H and O–H groups in total. The minimum absolute atomic E-state index is 0.489. The lowest BCUT2D eigenvalue weighted by Gasteiger charge is -2.24. The molecule has 0 unspecified atom stereocenters. The van der Waals surface area contributed by atoms with E-state index in [1.165, 1.54) is 0 Å². The quantitative estimate of drug-likeness (QED) is 0.833. The van der Waals surface area contributed by atoms with Gasteiger partial charge in [0.2, 0.25) is 0 Å². The summed E-state index contributed by atoms with van der Waals surface area (Å²) in [7, 11) is 1.65. The van der Waals surface area contributed by atoms with Crippen LogP contribution in [0.25, 0.3) is 0 Å². The highest BCUT2D eigenvalue weighted by molar-refractivity contribution is 8.13. The van der Waals surface area contributed by atoms with Gasteiger partial charge in [-0.2, -0.15) is 0 Å². The van der Waals surface area contributed by atoms with Crippen molar-refractivity contribution in [2.75, 3.05) is 30.9 Å². The normalized spacial score (nSPS) is 22.9. The predicted octanol–water partition coefficient (Wildman–Crippen LogP) is 3.52. The van der Waals surface area contributed by atoms with Crippen LogP contribution in [0.4, 0.5) is 5.69 Å². The van der Waals surface area contributed by atoms with Gasteiger partial charge in [0.25, 0.3) is 5.72 Å². The summed E-state index contributed by atoms with van der Waals surface area (Å²) in [4.78, 5) is 2.18. The third-order valence-electron chi connectivity index (χ3n) is 4.73. The van der Waals surface area contributed by atoms with Crippen molar-refractivity contribution < 1.29 is 14.4 Å². The van der Waals surface area contributed by atoms with Gasteiger partial charge in [-0.1, -0.05) is 11.6 Å². The van der Waals surface area contributed by atoms with Gasteiger partial charge in [0.05, 0.1) is 13.7 Å². The maximum absolute atomic E-state index is 11.6. The monoisotopic (exact) mass is 375 g/mol. The molecule has 4 nitrogen and oxygen atoms in total. The van der Waals surface area contributed by atoms with E-state index in [0.717, 1.165) is 40.9 Å². The summed E-state index contributed by atoms with van der Waals surface area (Å²) in [6.45, 7) is 1.33. The van der Waals surface area contributed by atoms with Crippen LogP contribution in [0.15, 0.2) is 48.5 Å². The van der Waals surface area contributed by atoms with Crippen molar-refractivity contribution in [2.24, 2.45) is 0 Å². The fourth-order valence-electron chi connectivity index (χ4n) is 3.43. The maximum atomic E-state index is 11.6. The third-order valence-corrected chi connectivity index (χ3v) is 6.18. The molecule has 1 atom stereocenters. The number of thioether (sulfide) groups is 1. The lowest BCUT2D eigenvalue weighted by Crippen LogP contribution is -2.41. The van der Waals surface area contributed by atoms with Gasteiger partial charge in [-0.05, 0) is 66.7 Å². The Bertz CT molecular complexity index is 807. The first kappa shape index (κ1) is 16.8. The molecule has 0 aliphatic carbocycles. The number of anilines is 1. The van der Waals surface area contributed by atoms with Crippen LogP contribution in [0, 0.1) is 0 Å². The summed E-state index contributed by atoms with van der Waals surface area (Å²) in [5.41, 5.74) is 0.877. The fourth-order valence-corrected chi connectivity index (χ4v) is 4.73. The van der Waals surface area contributed by atoms with Gasteiger partial charge in [0.1, 0.15) is 11.4 Å². The van der Waals surface area contributed by atoms with E-state index in [-0.39, 0.29) is 0 Å². The zero-order valence-electron chi connectivity index (χ0n) is 14.0. The topological polar surface area (TPSA) is 35.7 Å². The van der Waals surface area contributed by atoms with Gasteiger partial charge in [0, 0.05) is 16.3 Å². The van der Waals surface area contributed by atoms with Crippen molar-refractivity contribution >= 4 is 34.2 Å². The van der Waals surface area contributed by atoms with Crippen LogP contribution in [0.3, 0.4) is 0 Å². The Morgan fingerprint density at radius 3 is 2.56 bits per heavy atom. The Hall–Kier alpha value is -1.69. The van der Waals surface area contributed by atoms with Crippen LogP contribution in [0.2, 0.25) is 5.02 Å². The summed E-state index contributed by atoms with van der Waals surface area (Å²) >= 11 is 7.83. The number of methoxy groups -OCH3 is 1. The summed E-state index contributed by atoms with van der Waals surface area (Å²) in [5, 5.41) is 13.4. The van der Waals surface area contributed by atoms with Crippen molar-refractivity contribution in [1.29, 1.82) is 0 Å². The van der Waals surface area contributed by atoms with Crippen LogP contribution < -0.4 is 9.64 Å². The number of rotatable bonds is 3. The van der Waals surface area contributed by atoms with Crippen molar-refractivity contribution in [1.82, 2.24) is 0 Å². The van der Waals surface area contributed by atoms with Gasteiger partial charge in [0.15, 0.2) is 6.54 Å². The number of amidine groups is 1. The maximum Gasteiger partial charge on any atom is 0.316 e. The molecule has 2 aromatic carbocycles. The molecule has 130 valence electrons. The summed E-state index contributed by atoms with van der Waals surface area (Å²) in [6, 6.07) is 15.5. The average Bonchev–Trinajstić information content (AvgIpc) is 2.97. The molecule has 0 radical (unpaired) electrons. The number of aliphatic hydroxyl groups is 1. The highest BCUT2D eigenvalue weighted by atomic mass is 35.5. The molecule has 0 spiro atoms. The second-order valence-corrected chi connectivity index (χ2v) is 7.74. The van der Waals surface area contributed by atoms with E-state index in [1.807, 2.05) is 48.5 Å². The fraction of sp³-hybridized carbons (Fsp3) is 0.316. The van der Waals surface area contributed by atoms with Gasteiger partial charge in [-0.3, -0.25) is 0 Å². The number of nitrogens with zero attached hydrogens (tertiary/aromatic N) is 2. The van der Waals surface area contributed by atoms with Gasteiger partial charge in [-0.25, -0.2) is 9.48 Å². The molecule has 2 aromatic rings. The van der Waals surface area contributed by atoms with E-state index < -0.39 is 5.72 Å². The van der Waals surface area contributed by atoms with Crippen LogP contribution in [0.5, 0.6) is 5.75 Å². The lowest BCUT2D eigenvalue weighted by atomic mass is 10.0. The Morgan fingerprint density at radius 2 is 1.88 bits per heavy atom. The Labute approximate surface area is 156 Å². The number of hydrogen-bond acceptors (Lipinski definition) is 4. The average molecular weight is 376 g/mol. The summed E-state index contributed by atoms with van der Waals surface area (Å²) < 4.78 is 7.37. The first-order valence-electron chi connectivity index (χ1n) is 8.29. The van der Waals surface area contributed by atoms with Crippen molar-refractivity contribution in [2.45, 2.75) is 12.1 Å². The minimum Gasteiger partial charge on any atom is -0.497 e. The first-order chi connectivity index (χ1) is 12.1. The summed E-state index contributed by atoms with van der Waals surface area (Å²) in [5.74, 6) is 1.85. The van der Waals surface area contributed by atoms with E-state index >= 15 is 0 Å². The molecule has 0 saturated carbocycles. The zero-order valence-corrected chi connectivity index (χ0v) is 15.6. The molecule has 0 aromatic heterocycles. The molecule has 2 heterocycles. The molecular formula is C19H20ClN2O2S+. The van der Waals surface area contributed by atoms with E-state index in [2.05, 4.69) is 9.48 Å². The largest absolute Gasteiger partial charge is 0.497 e. The smallest absolute Gasteiger partial charge is 0.316 e. The highest BCUT2D eigenvalue weighted by Crippen LogP contribution is 2.38. The van der Waals surface area contributed by atoms with Gasteiger partial charge in [-0.15, -0.1) is 0 Å². The van der Waals surface area contributed by atoms with Crippen LogP contribution >= 0.6 is 23.4 Å². The number of ether oxygens (including phenoxy) is 1. The molecule has 4 rings (SSSR count). The Morgan fingerprint density at radius 1 is 1.16 bits per heavy atom. The number of benzene rings is 2. The molecule has 0 bridgehead atoms. The van der Waals surface area contributed by atoms with Gasteiger partial charge >= 0.3 is 5.17 Å². The Balaban J connectivity index is 1.76. The molecule has 0 amide bonds. The minimum atomic E-state index is -1.05. The van der Waals surface area contributed by atoms with Crippen molar-refractivity contribution in [3.63, 3.8) is 0 Å². The van der Waals surface area contributed by atoms with Gasteiger partial charge < -0.3 is 9.84 Å². The van der Waals surface area contributed by atoms with E-state index in [9.17, 15) is 5.11 Å². The third kappa shape index (κ3) is 2.90. The lowest BCUT2D eigenvalue weighted by molar-refractivity contribution is -0.656. The molecular weight excluding hydrogens is 356 g/mol. The zero-order chi connectivity index (χ0) is 17.4. The molecule has 6 heteroatoms. The van der Waals surface area contributed by atoms with Crippen LogP contribution in [-0.4, -0.2) is 40.8 Å². The Kier molecular flexibility index (Phi) is 4.40. The SMILES string of the molecule is COc1ccc([C@]2(O)CN(c3ccc(Cl)cc3)C3=[N+]2CCCS3)cc1. The predicted molar refractivity (Wildman–Crippen MR) is 103 cm³/mol. The highest BCUT2D eigenvalue weighted by Gasteiger charge is 2.53. The second-order valence-electron chi connectivity index (χ2n) is 6.24.